The van der Waals surface area contributed by atoms with Gasteiger partial charge in [0.05, 0.1) is 10.6 Å². The molecule has 0 spiro atoms. The first-order chi connectivity index (χ1) is 6.70. The molecular formula is C11H12BrFO. The van der Waals surface area contributed by atoms with Crippen molar-refractivity contribution in [3.05, 3.63) is 34.1 Å². The van der Waals surface area contributed by atoms with Crippen LogP contribution in [0.1, 0.15) is 30.9 Å². The Bertz CT molecular complexity index is 336. The maximum absolute atomic E-state index is 13.6. The standard InChI is InChI=1S/C11H12BrFO/c12-9-6-2-5-8(10(9)13)11(14)7-3-1-4-7/h2,5-7,11,14H,1,3-4H2. The Balaban J connectivity index is 2.26. The first kappa shape index (κ1) is 10.1. The Labute approximate surface area is 91.1 Å². The molecule has 1 aromatic carbocycles. The van der Waals surface area contributed by atoms with Crippen LogP contribution in [-0.2, 0) is 0 Å². The highest BCUT2D eigenvalue weighted by Crippen LogP contribution is 2.39. The third kappa shape index (κ3) is 1.71. The molecule has 1 aromatic rings. The van der Waals surface area contributed by atoms with E-state index < -0.39 is 6.10 Å². The molecule has 3 heteroatoms. The molecule has 76 valence electrons. The lowest BCUT2D eigenvalue weighted by Gasteiger charge is -2.30. The predicted molar refractivity (Wildman–Crippen MR) is 56.4 cm³/mol. The molecule has 14 heavy (non-hydrogen) atoms. The quantitative estimate of drug-likeness (QED) is 0.862. The van der Waals surface area contributed by atoms with Gasteiger partial charge in [-0.15, -0.1) is 0 Å². The Kier molecular flexibility index (Phi) is 2.88. The van der Waals surface area contributed by atoms with Gasteiger partial charge >= 0.3 is 0 Å². The number of hydrogen-bond donors (Lipinski definition) is 1. The highest BCUT2D eigenvalue weighted by atomic mass is 79.9. The summed E-state index contributed by atoms with van der Waals surface area (Å²) in [6, 6.07) is 5.06. The molecule has 1 fully saturated rings. The fraction of sp³-hybridized carbons (Fsp3) is 0.455. The van der Waals surface area contributed by atoms with Gasteiger partial charge in [0.1, 0.15) is 5.82 Å². The van der Waals surface area contributed by atoms with Gasteiger partial charge < -0.3 is 5.11 Å². The molecule has 0 aliphatic heterocycles. The fourth-order valence-electron chi connectivity index (χ4n) is 1.76. The molecule has 1 N–H and O–H groups in total. The van der Waals surface area contributed by atoms with E-state index in [4.69, 9.17) is 0 Å². The van der Waals surface area contributed by atoms with Crippen molar-refractivity contribution < 1.29 is 9.50 Å². The molecule has 0 aromatic heterocycles. The molecule has 0 radical (unpaired) electrons. The summed E-state index contributed by atoms with van der Waals surface area (Å²) in [7, 11) is 0. The second kappa shape index (κ2) is 3.99. The van der Waals surface area contributed by atoms with Gasteiger partial charge in [0.25, 0.3) is 0 Å². The third-order valence-electron chi connectivity index (χ3n) is 2.90. The molecule has 0 amide bonds. The SMILES string of the molecule is OC(c1cccc(Br)c1F)C1CCC1. The van der Waals surface area contributed by atoms with Crippen molar-refractivity contribution >= 4 is 15.9 Å². The minimum atomic E-state index is -0.638. The van der Waals surface area contributed by atoms with Gasteiger partial charge in [0, 0.05) is 5.56 Å². The second-order valence-corrected chi connectivity index (χ2v) is 4.63. The molecular weight excluding hydrogens is 247 g/mol. The predicted octanol–water partition coefficient (Wildman–Crippen LogP) is 3.42. The maximum atomic E-state index is 13.6. The summed E-state index contributed by atoms with van der Waals surface area (Å²) in [6.07, 6.45) is 2.53. The molecule has 0 heterocycles. The number of rotatable bonds is 2. The number of aliphatic hydroxyl groups is 1. The lowest BCUT2D eigenvalue weighted by molar-refractivity contribution is 0.0591. The number of aliphatic hydroxyl groups excluding tert-OH is 1. The van der Waals surface area contributed by atoms with E-state index in [1.807, 2.05) is 0 Å². The first-order valence-electron chi connectivity index (χ1n) is 4.82. The van der Waals surface area contributed by atoms with E-state index in [0.29, 0.717) is 10.0 Å². The Morgan fingerprint density at radius 3 is 2.71 bits per heavy atom. The van der Waals surface area contributed by atoms with Crippen molar-refractivity contribution in [3.8, 4) is 0 Å². The van der Waals surface area contributed by atoms with E-state index in [0.717, 1.165) is 19.3 Å². The molecule has 1 aliphatic carbocycles. The van der Waals surface area contributed by atoms with Crippen molar-refractivity contribution in [3.63, 3.8) is 0 Å². The summed E-state index contributed by atoms with van der Waals surface area (Å²) in [5.74, 6) is -0.0781. The van der Waals surface area contributed by atoms with Crippen LogP contribution >= 0.6 is 15.9 Å². The molecule has 1 saturated carbocycles. The maximum Gasteiger partial charge on any atom is 0.143 e. The Morgan fingerprint density at radius 1 is 1.43 bits per heavy atom. The fourth-order valence-corrected chi connectivity index (χ4v) is 2.14. The van der Waals surface area contributed by atoms with Gasteiger partial charge in [-0.3, -0.25) is 0 Å². The highest BCUT2D eigenvalue weighted by Gasteiger charge is 2.28. The van der Waals surface area contributed by atoms with E-state index in [1.165, 1.54) is 0 Å². The average molecular weight is 259 g/mol. The van der Waals surface area contributed by atoms with Crippen molar-refractivity contribution in [2.75, 3.05) is 0 Å². The summed E-state index contributed by atoms with van der Waals surface area (Å²) in [4.78, 5) is 0. The third-order valence-corrected chi connectivity index (χ3v) is 3.51. The summed E-state index contributed by atoms with van der Waals surface area (Å²) >= 11 is 3.12. The highest BCUT2D eigenvalue weighted by molar-refractivity contribution is 9.10. The van der Waals surface area contributed by atoms with E-state index in [2.05, 4.69) is 15.9 Å². The van der Waals surface area contributed by atoms with Gasteiger partial charge in [0.2, 0.25) is 0 Å². The minimum Gasteiger partial charge on any atom is -0.388 e. The molecule has 0 saturated heterocycles. The Morgan fingerprint density at radius 2 is 2.14 bits per heavy atom. The van der Waals surface area contributed by atoms with Crippen molar-refractivity contribution in [1.29, 1.82) is 0 Å². The van der Waals surface area contributed by atoms with E-state index in [-0.39, 0.29) is 11.7 Å². The van der Waals surface area contributed by atoms with Gasteiger partial charge in [-0.2, -0.15) is 0 Å². The molecule has 1 unspecified atom stereocenters. The topological polar surface area (TPSA) is 20.2 Å². The largest absolute Gasteiger partial charge is 0.388 e. The molecule has 1 nitrogen and oxygen atoms in total. The van der Waals surface area contributed by atoms with Crippen LogP contribution in [-0.4, -0.2) is 5.11 Å². The number of hydrogen-bond acceptors (Lipinski definition) is 1. The zero-order chi connectivity index (χ0) is 10.1. The summed E-state index contributed by atoms with van der Waals surface area (Å²) < 4.78 is 14.0. The minimum absolute atomic E-state index is 0.249. The van der Waals surface area contributed by atoms with Crippen LogP contribution in [0, 0.1) is 11.7 Å². The number of benzene rings is 1. The average Bonchev–Trinajstić information content (AvgIpc) is 2.06. The van der Waals surface area contributed by atoms with Crippen molar-refractivity contribution in [2.24, 2.45) is 5.92 Å². The zero-order valence-corrected chi connectivity index (χ0v) is 9.30. The lowest BCUT2D eigenvalue weighted by Crippen LogP contribution is -2.20. The molecule has 1 aliphatic rings. The zero-order valence-electron chi connectivity index (χ0n) is 7.71. The molecule has 2 rings (SSSR count). The van der Waals surface area contributed by atoms with Crippen LogP contribution in [0.25, 0.3) is 0 Å². The first-order valence-corrected chi connectivity index (χ1v) is 5.61. The van der Waals surface area contributed by atoms with Crippen molar-refractivity contribution in [1.82, 2.24) is 0 Å². The monoisotopic (exact) mass is 258 g/mol. The summed E-state index contributed by atoms with van der Waals surface area (Å²) in [5, 5.41) is 9.88. The normalized spacial score (nSPS) is 19.1. The second-order valence-electron chi connectivity index (χ2n) is 3.78. The van der Waals surface area contributed by atoms with Gasteiger partial charge in [-0.25, -0.2) is 4.39 Å². The van der Waals surface area contributed by atoms with Crippen LogP contribution in [0.3, 0.4) is 0 Å². The van der Waals surface area contributed by atoms with Crippen LogP contribution in [0.15, 0.2) is 22.7 Å². The van der Waals surface area contributed by atoms with E-state index in [9.17, 15) is 9.50 Å². The van der Waals surface area contributed by atoms with Gasteiger partial charge in [0.15, 0.2) is 0 Å². The van der Waals surface area contributed by atoms with Crippen LogP contribution in [0.2, 0.25) is 0 Å². The van der Waals surface area contributed by atoms with Gasteiger partial charge in [-0.05, 0) is 40.8 Å². The van der Waals surface area contributed by atoms with E-state index in [1.54, 1.807) is 18.2 Å². The Hall–Kier alpha value is -0.410. The van der Waals surface area contributed by atoms with Gasteiger partial charge in [-0.1, -0.05) is 18.6 Å². The van der Waals surface area contributed by atoms with Crippen LogP contribution in [0.4, 0.5) is 4.39 Å². The molecule has 0 bridgehead atoms. The summed E-state index contributed by atoms with van der Waals surface area (Å²) in [6.45, 7) is 0. The smallest absolute Gasteiger partial charge is 0.143 e. The number of halogens is 2. The lowest BCUT2D eigenvalue weighted by atomic mass is 9.79. The van der Waals surface area contributed by atoms with Crippen LogP contribution < -0.4 is 0 Å². The van der Waals surface area contributed by atoms with E-state index >= 15 is 0 Å². The van der Waals surface area contributed by atoms with Crippen molar-refractivity contribution in [2.45, 2.75) is 25.4 Å². The summed E-state index contributed by atoms with van der Waals surface area (Å²) in [5.41, 5.74) is 0.420. The molecule has 1 atom stereocenters. The van der Waals surface area contributed by atoms with Crippen LogP contribution in [0.5, 0.6) is 0 Å².